The summed E-state index contributed by atoms with van der Waals surface area (Å²) in [6.07, 6.45) is 0. The Balaban J connectivity index is 1.89. The molecular formula is C25H25ClNOP. The maximum atomic E-state index is 6.74. The van der Waals surface area contributed by atoms with Gasteiger partial charge in [0.2, 0.25) is 5.90 Å². The van der Waals surface area contributed by atoms with E-state index >= 15 is 0 Å². The van der Waals surface area contributed by atoms with Gasteiger partial charge in [-0.15, -0.1) is 0 Å². The smallest absolute Gasteiger partial charge is 0.218 e. The fraction of sp³-hybridized carbons (Fsp3) is 0.240. The van der Waals surface area contributed by atoms with Crippen molar-refractivity contribution in [3.05, 3.63) is 89.4 Å². The normalized spacial score (nSPS) is 16.6. The third kappa shape index (κ3) is 4.25. The van der Waals surface area contributed by atoms with Gasteiger partial charge < -0.3 is 4.74 Å². The number of halogens is 1. The molecule has 0 fully saturated rings. The highest BCUT2D eigenvalue weighted by Gasteiger charge is 2.33. The Labute approximate surface area is 179 Å². The van der Waals surface area contributed by atoms with Gasteiger partial charge in [-0.25, -0.2) is 4.99 Å². The summed E-state index contributed by atoms with van der Waals surface area (Å²) in [6, 6.07) is 27.5. The summed E-state index contributed by atoms with van der Waals surface area (Å²) >= 11 is 6.74. The van der Waals surface area contributed by atoms with Crippen LogP contribution in [0, 0.1) is 5.41 Å². The first kappa shape index (κ1) is 20.1. The van der Waals surface area contributed by atoms with Crippen molar-refractivity contribution in [2.45, 2.75) is 26.8 Å². The number of aliphatic imine (C=N–C) groups is 1. The lowest BCUT2D eigenvalue weighted by Gasteiger charge is -2.22. The molecule has 2 nitrogen and oxygen atoms in total. The van der Waals surface area contributed by atoms with Crippen LogP contribution in [0.4, 0.5) is 0 Å². The highest BCUT2D eigenvalue weighted by atomic mass is 35.5. The van der Waals surface area contributed by atoms with Crippen LogP contribution in [0.3, 0.4) is 0 Å². The zero-order valence-corrected chi connectivity index (χ0v) is 18.6. The summed E-state index contributed by atoms with van der Waals surface area (Å²) in [7, 11) is -0.787. The van der Waals surface area contributed by atoms with Crippen LogP contribution in [0.1, 0.15) is 26.3 Å². The van der Waals surface area contributed by atoms with Gasteiger partial charge in [-0.1, -0.05) is 105 Å². The molecule has 1 aliphatic rings. The molecule has 1 aliphatic heterocycles. The average Bonchev–Trinajstić information content (AvgIpc) is 3.20. The Morgan fingerprint density at radius 2 is 1.45 bits per heavy atom. The molecule has 0 bridgehead atoms. The fourth-order valence-electron chi connectivity index (χ4n) is 3.45. The topological polar surface area (TPSA) is 21.6 Å². The Kier molecular flexibility index (Phi) is 5.76. The Hall–Kier alpha value is -2.15. The van der Waals surface area contributed by atoms with Gasteiger partial charge in [-0.3, -0.25) is 0 Å². The fourth-order valence-corrected chi connectivity index (χ4v) is 6.24. The van der Waals surface area contributed by atoms with Crippen LogP contribution in [0.5, 0.6) is 0 Å². The van der Waals surface area contributed by atoms with Gasteiger partial charge in [0, 0.05) is 0 Å². The van der Waals surface area contributed by atoms with E-state index in [1.807, 2.05) is 12.1 Å². The summed E-state index contributed by atoms with van der Waals surface area (Å²) in [5.74, 6) is 0.671. The molecule has 0 radical (unpaired) electrons. The van der Waals surface area contributed by atoms with Gasteiger partial charge in [-0.2, -0.15) is 0 Å². The highest BCUT2D eigenvalue weighted by Crippen LogP contribution is 2.37. The lowest BCUT2D eigenvalue weighted by molar-refractivity contribution is 0.236. The molecule has 1 atom stereocenters. The molecule has 0 aliphatic carbocycles. The predicted octanol–water partition coefficient (Wildman–Crippen LogP) is 5.29. The molecule has 4 heteroatoms. The summed E-state index contributed by atoms with van der Waals surface area (Å²) in [5, 5.41) is 4.43. The lowest BCUT2D eigenvalue weighted by Crippen LogP contribution is -2.26. The Morgan fingerprint density at radius 1 is 0.862 bits per heavy atom. The first-order chi connectivity index (χ1) is 13.9. The molecule has 0 saturated carbocycles. The van der Waals surface area contributed by atoms with Crippen molar-refractivity contribution in [1.82, 2.24) is 0 Å². The SMILES string of the molecule is CC(C)(C)[C@H]1COC(c2c(Cl)cccc2P(c2ccccc2)c2ccccc2)=N1. The van der Waals surface area contributed by atoms with Gasteiger partial charge in [0.15, 0.2) is 0 Å². The van der Waals surface area contributed by atoms with Crippen molar-refractivity contribution in [3.63, 3.8) is 0 Å². The highest BCUT2D eigenvalue weighted by molar-refractivity contribution is 7.80. The molecule has 3 aromatic carbocycles. The Morgan fingerprint density at radius 3 is 1.97 bits per heavy atom. The van der Waals surface area contributed by atoms with Crippen LogP contribution in [-0.2, 0) is 4.74 Å². The number of nitrogens with zero attached hydrogens (tertiary/aromatic N) is 1. The van der Waals surface area contributed by atoms with E-state index in [1.165, 1.54) is 15.9 Å². The van der Waals surface area contributed by atoms with Gasteiger partial charge >= 0.3 is 0 Å². The van der Waals surface area contributed by atoms with Crippen LogP contribution in [0.2, 0.25) is 5.02 Å². The molecule has 29 heavy (non-hydrogen) atoms. The molecule has 0 amide bonds. The van der Waals surface area contributed by atoms with E-state index in [0.717, 1.165) is 5.56 Å². The molecule has 0 N–H and O–H groups in total. The summed E-state index contributed by atoms with van der Waals surface area (Å²) in [6.45, 7) is 7.18. The van der Waals surface area contributed by atoms with Gasteiger partial charge in [-0.05, 0) is 35.3 Å². The number of hydrogen-bond acceptors (Lipinski definition) is 2. The lowest BCUT2D eigenvalue weighted by atomic mass is 9.88. The number of hydrogen-bond donors (Lipinski definition) is 0. The maximum Gasteiger partial charge on any atom is 0.218 e. The number of rotatable bonds is 4. The van der Waals surface area contributed by atoms with Crippen LogP contribution < -0.4 is 15.9 Å². The van der Waals surface area contributed by atoms with Crippen molar-refractivity contribution >= 4 is 41.3 Å². The van der Waals surface area contributed by atoms with Gasteiger partial charge in [0.05, 0.1) is 16.6 Å². The second kappa shape index (κ2) is 8.30. The van der Waals surface area contributed by atoms with Crippen molar-refractivity contribution < 1.29 is 4.74 Å². The molecule has 1 heterocycles. The van der Waals surface area contributed by atoms with Crippen molar-refractivity contribution in [2.24, 2.45) is 10.4 Å². The minimum absolute atomic E-state index is 0.0484. The van der Waals surface area contributed by atoms with E-state index in [4.69, 9.17) is 21.3 Å². The standard InChI is InChI=1S/C25H25ClNOP/c1-25(2,3)22-17-28-24(27-22)23-20(26)15-10-16-21(23)29(18-11-6-4-7-12-18)19-13-8-5-9-14-19/h4-16,22H,17H2,1-3H3/t22-/m1/s1. The van der Waals surface area contributed by atoms with Crippen LogP contribution >= 0.6 is 19.5 Å². The van der Waals surface area contributed by atoms with Gasteiger partial charge in [0.1, 0.15) is 6.61 Å². The van der Waals surface area contributed by atoms with Crippen molar-refractivity contribution in [2.75, 3.05) is 6.61 Å². The molecule has 0 unspecified atom stereocenters. The summed E-state index contributed by atoms with van der Waals surface area (Å²) in [5.41, 5.74) is 0.979. The Bertz CT molecular complexity index is 972. The monoisotopic (exact) mass is 421 g/mol. The first-order valence-corrected chi connectivity index (χ1v) is 11.6. The molecule has 0 spiro atoms. The zero-order chi connectivity index (χ0) is 20.4. The van der Waals surface area contributed by atoms with E-state index in [2.05, 4.69) is 87.5 Å². The minimum atomic E-state index is -0.787. The van der Waals surface area contributed by atoms with E-state index in [-0.39, 0.29) is 11.5 Å². The average molecular weight is 422 g/mol. The largest absolute Gasteiger partial charge is 0.475 e. The van der Waals surface area contributed by atoms with Crippen molar-refractivity contribution in [3.8, 4) is 0 Å². The predicted molar refractivity (Wildman–Crippen MR) is 126 cm³/mol. The molecule has 0 saturated heterocycles. The minimum Gasteiger partial charge on any atom is -0.475 e. The summed E-state index contributed by atoms with van der Waals surface area (Å²) < 4.78 is 6.10. The van der Waals surface area contributed by atoms with Crippen LogP contribution in [0.25, 0.3) is 0 Å². The van der Waals surface area contributed by atoms with Crippen molar-refractivity contribution in [1.29, 1.82) is 0 Å². The molecule has 3 aromatic rings. The zero-order valence-electron chi connectivity index (χ0n) is 17.0. The third-order valence-electron chi connectivity index (χ3n) is 5.13. The maximum absolute atomic E-state index is 6.74. The second-order valence-corrected chi connectivity index (χ2v) is 10.9. The van der Waals surface area contributed by atoms with E-state index in [1.54, 1.807) is 0 Å². The molecule has 148 valence electrons. The third-order valence-corrected chi connectivity index (χ3v) is 7.92. The molecule has 4 rings (SSSR count). The number of ether oxygens (including phenoxy) is 1. The van der Waals surface area contributed by atoms with E-state index in [0.29, 0.717) is 17.5 Å². The van der Waals surface area contributed by atoms with E-state index in [9.17, 15) is 0 Å². The second-order valence-electron chi connectivity index (χ2n) is 8.27. The molecular weight excluding hydrogens is 397 g/mol. The van der Waals surface area contributed by atoms with Crippen LogP contribution in [0.15, 0.2) is 83.9 Å². The van der Waals surface area contributed by atoms with Gasteiger partial charge in [0.25, 0.3) is 0 Å². The van der Waals surface area contributed by atoms with E-state index < -0.39 is 7.92 Å². The van der Waals surface area contributed by atoms with Crippen LogP contribution in [-0.4, -0.2) is 18.5 Å². The molecule has 0 aromatic heterocycles. The quantitative estimate of drug-likeness (QED) is 0.524. The summed E-state index contributed by atoms with van der Waals surface area (Å²) in [4.78, 5) is 4.94. The first-order valence-electron chi connectivity index (χ1n) is 9.85. The number of benzene rings is 3.